The highest BCUT2D eigenvalue weighted by Crippen LogP contribution is 2.13. The summed E-state index contributed by atoms with van der Waals surface area (Å²) in [6.07, 6.45) is 1.29. The molecule has 6 nitrogen and oxygen atoms in total. The van der Waals surface area contributed by atoms with Gasteiger partial charge in [-0.25, -0.2) is 9.78 Å². The molecule has 21 heavy (non-hydrogen) atoms. The summed E-state index contributed by atoms with van der Waals surface area (Å²) < 4.78 is 5.19. The standard InChI is InChI=1S/C15H17N3O3/c1-15(2,3)18-13(19)11-12(17-9-16-11)14(20)21-10-7-5-4-6-8-10/h4-9H,1-3H3,(H,16,17)(H,18,19). The zero-order valence-electron chi connectivity index (χ0n) is 12.1. The second kappa shape index (κ2) is 5.78. The van der Waals surface area contributed by atoms with Gasteiger partial charge in [-0.15, -0.1) is 0 Å². The van der Waals surface area contributed by atoms with E-state index in [9.17, 15) is 9.59 Å². The third-order valence-electron chi connectivity index (χ3n) is 2.50. The fourth-order valence-electron chi connectivity index (χ4n) is 1.67. The molecule has 1 heterocycles. The average molecular weight is 287 g/mol. The molecule has 0 atom stereocenters. The zero-order chi connectivity index (χ0) is 15.5. The third-order valence-corrected chi connectivity index (χ3v) is 2.50. The Hall–Kier alpha value is -2.63. The van der Waals surface area contributed by atoms with Crippen LogP contribution in [-0.2, 0) is 0 Å². The molecule has 0 saturated heterocycles. The molecule has 0 aliphatic carbocycles. The lowest BCUT2D eigenvalue weighted by molar-refractivity contribution is 0.0721. The van der Waals surface area contributed by atoms with Crippen molar-refractivity contribution in [2.75, 3.05) is 0 Å². The normalized spacial score (nSPS) is 11.0. The number of imidazole rings is 1. The van der Waals surface area contributed by atoms with Crippen LogP contribution in [0.25, 0.3) is 0 Å². The monoisotopic (exact) mass is 287 g/mol. The molecule has 0 spiro atoms. The number of nitrogens with zero attached hydrogens (tertiary/aromatic N) is 1. The van der Waals surface area contributed by atoms with Crippen molar-refractivity contribution in [1.29, 1.82) is 0 Å². The summed E-state index contributed by atoms with van der Waals surface area (Å²) in [5, 5.41) is 2.75. The lowest BCUT2D eigenvalue weighted by Gasteiger charge is -2.19. The van der Waals surface area contributed by atoms with E-state index in [1.165, 1.54) is 6.33 Å². The van der Waals surface area contributed by atoms with Gasteiger partial charge in [0.1, 0.15) is 5.75 Å². The first-order valence-corrected chi connectivity index (χ1v) is 6.50. The predicted octanol–water partition coefficient (Wildman–Crippen LogP) is 2.16. The number of para-hydroxylation sites is 1. The van der Waals surface area contributed by atoms with E-state index in [1.54, 1.807) is 24.3 Å². The van der Waals surface area contributed by atoms with Gasteiger partial charge >= 0.3 is 5.97 Å². The number of benzene rings is 1. The minimum Gasteiger partial charge on any atom is -0.422 e. The Kier molecular flexibility index (Phi) is 4.07. The van der Waals surface area contributed by atoms with Crippen LogP contribution in [0.5, 0.6) is 5.75 Å². The lowest BCUT2D eigenvalue weighted by atomic mass is 10.1. The number of hydrogen-bond donors (Lipinski definition) is 2. The summed E-state index contributed by atoms with van der Waals surface area (Å²) >= 11 is 0. The molecular weight excluding hydrogens is 270 g/mol. The van der Waals surface area contributed by atoms with Crippen molar-refractivity contribution in [3.8, 4) is 5.75 Å². The van der Waals surface area contributed by atoms with E-state index < -0.39 is 17.4 Å². The Bertz CT molecular complexity index is 642. The maximum absolute atomic E-state index is 12.1. The summed E-state index contributed by atoms with van der Waals surface area (Å²) in [6.45, 7) is 5.54. The molecule has 6 heteroatoms. The van der Waals surface area contributed by atoms with E-state index in [4.69, 9.17) is 4.74 Å². The smallest absolute Gasteiger partial charge is 0.362 e. The van der Waals surface area contributed by atoms with Crippen molar-refractivity contribution >= 4 is 11.9 Å². The topological polar surface area (TPSA) is 84.1 Å². The van der Waals surface area contributed by atoms with E-state index in [0.717, 1.165) is 0 Å². The average Bonchev–Trinajstić information content (AvgIpc) is 2.87. The van der Waals surface area contributed by atoms with Crippen LogP contribution in [0.15, 0.2) is 36.7 Å². The molecule has 2 aromatic rings. The quantitative estimate of drug-likeness (QED) is 0.669. The number of esters is 1. The number of carbonyl (C=O) groups is 2. The van der Waals surface area contributed by atoms with Gasteiger partial charge in [0.2, 0.25) is 0 Å². The Morgan fingerprint density at radius 3 is 2.48 bits per heavy atom. The molecular formula is C15H17N3O3. The molecule has 0 radical (unpaired) electrons. The third kappa shape index (κ3) is 3.92. The summed E-state index contributed by atoms with van der Waals surface area (Å²) in [5.74, 6) is -0.680. The Balaban J connectivity index is 2.16. The number of carbonyl (C=O) groups excluding carboxylic acids is 2. The molecule has 1 amide bonds. The van der Waals surface area contributed by atoms with Gasteiger partial charge in [0.25, 0.3) is 5.91 Å². The van der Waals surface area contributed by atoms with E-state index in [-0.39, 0.29) is 11.4 Å². The van der Waals surface area contributed by atoms with Gasteiger partial charge in [0.05, 0.1) is 6.33 Å². The van der Waals surface area contributed by atoms with Crippen molar-refractivity contribution in [3.05, 3.63) is 48.0 Å². The Morgan fingerprint density at radius 2 is 1.86 bits per heavy atom. The van der Waals surface area contributed by atoms with Crippen LogP contribution in [0.3, 0.4) is 0 Å². The van der Waals surface area contributed by atoms with Gasteiger partial charge in [0, 0.05) is 5.54 Å². The number of hydrogen-bond acceptors (Lipinski definition) is 4. The predicted molar refractivity (Wildman–Crippen MR) is 77.2 cm³/mol. The molecule has 1 aromatic carbocycles. The first kappa shape index (κ1) is 14.8. The van der Waals surface area contributed by atoms with Gasteiger partial charge in [0.15, 0.2) is 11.4 Å². The first-order chi connectivity index (χ1) is 9.87. The maximum Gasteiger partial charge on any atom is 0.362 e. The molecule has 0 aliphatic heterocycles. The van der Waals surface area contributed by atoms with Gasteiger partial charge < -0.3 is 15.0 Å². The van der Waals surface area contributed by atoms with Crippen LogP contribution < -0.4 is 10.1 Å². The Morgan fingerprint density at radius 1 is 1.19 bits per heavy atom. The fraction of sp³-hybridized carbons (Fsp3) is 0.267. The maximum atomic E-state index is 12.1. The molecule has 1 aromatic heterocycles. The molecule has 0 saturated carbocycles. The van der Waals surface area contributed by atoms with Crippen molar-refractivity contribution < 1.29 is 14.3 Å². The van der Waals surface area contributed by atoms with Crippen molar-refractivity contribution in [1.82, 2.24) is 15.3 Å². The molecule has 0 fully saturated rings. The van der Waals surface area contributed by atoms with Crippen LogP contribution in [-0.4, -0.2) is 27.4 Å². The van der Waals surface area contributed by atoms with Crippen LogP contribution in [0.2, 0.25) is 0 Å². The number of aromatic amines is 1. The van der Waals surface area contributed by atoms with Crippen LogP contribution in [0, 0.1) is 0 Å². The van der Waals surface area contributed by atoms with Gasteiger partial charge in [-0.3, -0.25) is 4.79 Å². The second-order valence-corrected chi connectivity index (χ2v) is 5.53. The summed E-state index contributed by atoms with van der Waals surface area (Å²) in [6, 6.07) is 8.63. The minimum absolute atomic E-state index is 0.0193. The van der Waals surface area contributed by atoms with Crippen molar-refractivity contribution in [2.45, 2.75) is 26.3 Å². The fourth-order valence-corrected chi connectivity index (χ4v) is 1.67. The SMILES string of the molecule is CC(C)(C)NC(=O)c1nc[nH]c1C(=O)Oc1ccccc1. The van der Waals surface area contributed by atoms with Crippen molar-refractivity contribution in [2.24, 2.45) is 0 Å². The highest BCUT2D eigenvalue weighted by Gasteiger charge is 2.24. The molecule has 0 unspecified atom stereocenters. The summed E-state index contributed by atoms with van der Waals surface area (Å²) in [5.41, 5.74) is -0.372. The van der Waals surface area contributed by atoms with E-state index in [1.807, 2.05) is 26.8 Å². The van der Waals surface area contributed by atoms with Crippen LogP contribution in [0.1, 0.15) is 41.7 Å². The Labute approximate surface area is 122 Å². The number of nitrogens with one attached hydrogen (secondary N) is 2. The van der Waals surface area contributed by atoms with Crippen LogP contribution >= 0.6 is 0 Å². The molecule has 0 aliphatic rings. The molecule has 2 N–H and O–H groups in total. The van der Waals surface area contributed by atoms with Gasteiger partial charge in [-0.05, 0) is 32.9 Å². The number of H-pyrrole nitrogens is 1. The van der Waals surface area contributed by atoms with Crippen molar-refractivity contribution in [3.63, 3.8) is 0 Å². The second-order valence-electron chi connectivity index (χ2n) is 5.53. The summed E-state index contributed by atoms with van der Waals surface area (Å²) in [4.78, 5) is 30.7. The highest BCUT2D eigenvalue weighted by molar-refractivity contribution is 6.03. The number of aromatic nitrogens is 2. The van der Waals surface area contributed by atoms with E-state index >= 15 is 0 Å². The lowest BCUT2D eigenvalue weighted by Crippen LogP contribution is -2.41. The van der Waals surface area contributed by atoms with E-state index in [2.05, 4.69) is 15.3 Å². The number of rotatable bonds is 3. The number of ether oxygens (including phenoxy) is 1. The summed E-state index contributed by atoms with van der Waals surface area (Å²) in [7, 11) is 0. The van der Waals surface area contributed by atoms with Gasteiger partial charge in [-0.2, -0.15) is 0 Å². The molecule has 110 valence electrons. The zero-order valence-corrected chi connectivity index (χ0v) is 12.1. The largest absolute Gasteiger partial charge is 0.422 e. The molecule has 2 rings (SSSR count). The molecule has 0 bridgehead atoms. The van der Waals surface area contributed by atoms with Gasteiger partial charge in [-0.1, -0.05) is 18.2 Å². The first-order valence-electron chi connectivity index (χ1n) is 6.50. The highest BCUT2D eigenvalue weighted by atomic mass is 16.5. The van der Waals surface area contributed by atoms with Crippen LogP contribution in [0.4, 0.5) is 0 Å². The number of amides is 1. The minimum atomic E-state index is -0.655. The van der Waals surface area contributed by atoms with E-state index in [0.29, 0.717) is 5.75 Å².